The number of carbonyl (C=O) groups excluding carboxylic acids is 1. The average molecular weight is 492 g/mol. The summed E-state index contributed by atoms with van der Waals surface area (Å²) in [6.45, 7) is 11.7. The molecule has 2 heterocycles. The van der Waals surface area contributed by atoms with E-state index >= 15 is 0 Å². The molecule has 0 aromatic carbocycles. The minimum atomic E-state index is -4.50. The minimum Gasteiger partial charge on any atom is -0.465 e. The molecule has 33 heavy (non-hydrogen) atoms. The number of halogens is 3. The summed E-state index contributed by atoms with van der Waals surface area (Å²) >= 11 is 0. The van der Waals surface area contributed by atoms with Gasteiger partial charge in [0, 0.05) is 45.1 Å². The predicted octanol–water partition coefficient (Wildman–Crippen LogP) is 3.19. The van der Waals surface area contributed by atoms with Crippen molar-refractivity contribution in [3.05, 3.63) is 18.0 Å². The zero-order chi connectivity index (χ0) is 25.0. The van der Waals surface area contributed by atoms with Gasteiger partial charge in [-0.15, -0.1) is 0 Å². The van der Waals surface area contributed by atoms with Crippen LogP contribution in [0.2, 0.25) is 18.1 Å². The molecule has 0 bridgehead atoms. The molecule has 13 heteroatoms. The summed E-state index contributed by atoms with van der Waals surface area (Å²) in [6, 6.07) is 0. The lowest BCUT2D eigenvalue weighted by Gasteiger charge is -2.41. The van der Waals surface area contributed by atoms with E-state index in [-0.39, 0.29) is 29.9 Å². The maximum absolute atomic E-state index is 13.3. The number of carbonyl (C=O) groups is 2. The fraction of sp³-hybridized carbons (Fsp3) is 0.700. The Morgan fingerprint density at radius 2 is 1.70 bits per heavy atom. The molecule has 1 aromatic rings. The molecular weight excluding hydrogens is 459 g/mol. The number of alkyl halides is 3. The van der Waals surface area contributed by atoms with Crippen LogP contribution < -0.4 is 10.2 Å². The van der Waals surface area contributed by atoms with Gasteiger partial charge in [-0.2, -0.15) is 13.2 Å². The van der Waals surface area contributed by atoms with Gasteiger partial charge in [0.15, 0.2) is 8.32 Å². The van der Waals surface area contributed by atoms with Gasteiger partial charge in [0.1, 0.15) is 6.10 Å². The fourth-order valence-corrected chi connectivity index (χ4v) is 4.32. The van der Waals surface area contributed by atoms with Gasteiger partial charge in [0.2, 0.25) is 5.95 Å². The van der Waals surface area contributed by atoms with E-state index in [1.807, 2.05) is 13.1 Å². The second kappa shape index (κ2) is 10.2. The number of nitrogens with one attached hydrogen (secondary N) is 1. The van der Waals surface area contributed by atoms with E-state index in [1.165, 1.54) is 0 Å². The first-order valence-electron chi connectivity index (χ1n) is 10.7. The van der Waals surface area contributed by atoms with E-state index in [1.54, 1.807) is 9.80 Å². The molecule has 1 atom stereocenters. The highest BCUT2D eigenvalue weighted by molar-refractivity contribution is 6.74. The Hall–Kier alpha value is -2.41. The third kappa shape index (κ3) is 7.29. The lowest BCUT2D eigenvalue weighted by atomic mass is 10.2. The Bertz CT molecular complexity index is 822. The van der Waals surface area contributed by atoms with E-state index in [9.17, 15) is 22.8 Å². The molecule has 1 saturated heterocycles. The first-order valence-corrected chi connectivity index (χ1v) is 13.6. The summed E-state index contributed by atoms with van der Waals surface area (Å²) in [5, 5.41) is 11.0. The topological polar surface area (TPSA) is 108 Å². The second-order valence-corrected chi connectivity index (χ2v) is 14.2. The largest absolute Gasteiger partial charge is 0.465 e. The lowest BCUT2D eigenvalue weighted by Crippen LogP contribution is -2.55. The van der Waals surface area contributed by atoms with Crippen LogP contribution in [0.1, 0.15) is 32.8 Å². The van der Waals surface area contributed by atoms with Gasteiger partial charge in [-0.05, 0) is 24.6 Å². The predicted molar refractivity (Wildman–Crippen MR) is 119 cm³/mol. The maximum atomic E-state index is 13.3. The van der Waals surface area contributed by atoms with E-state index in [2.05, 4.69) is 36.1 Å². The first kappa shape index (κ1) is 26.8. The summed E-state index contributed by atoms with van der Waals surface area (Å²) in [5.74, 6) is -0.0465. The number of rotatable bonds is 7. The van der Waals surface area contributed by atoms with Gasteiger partial charge in [-0.3, -0.25) is 4.79 Å². The molecule has 9 nitrogen and oxygen atoms in total. The Labute approximate surface area is 192 Å². The first-order chi connectivity index (χ1) is 15.1. The maximum Gasteiger partial charge on any atom is 0.419 e. The van der Waals surface area contributed by atoms with Crippen molar-refractivity contribution in [1.82, 2.24) is 20.2 Å². The number of piperazine rings is 1. The van der Waals surface area contributed by atoms with Crippen molar-refractivity contribution in [1.29, 1.82) is 0 Å². The highest BCUT2D eigenvalue weighted by Crippen LogP contribution is 2.38. The molecule has 0 aliphatic carbocycles. The van der Waals surface area contributed by atoms with Crippen LogP contribution in [0, 0.1) is 0 Å². The monoisotopic (exact) mass is 491 g/mol. The SMILES string of the molecule is CC(C)(C)[Si](C)(C)O[C@H](CCNC(=O)O)C(=O)N1CCN(c2ncc(C(F)(F)F)cn2)CC1. The molecule has 1 aromatic heterocycles. The fourth-order valence-electron chi connectivity index (χ4n) is 3.04. The van der Waals surface area contributed by atoms with Crippen LogP contribution in [0.3, 0.4) is 0 Å². The van der Waals surface area contributed by atoms with E-state index < -0.39 is 32.3 Å². The zero-order valence-corrected chi connectivity index (χ0v) is 20.6. The molecule has 0 radical (unpaired) electrons. The van der Waals surface area contributed by atoms with Gasteiger partial charge < -0.3 is 24.6 Å². The average Bonchev–Trinajstić information content (AvgIpc) is 2.71. The standard InChI is InChI=1S/C20H32F3N5O4Si/c1-19(2,3)33(4,5)32-15(6-7-24-18(30)31)16(29)27-8-10-28(11-9-27)17-25-12-14(13-26-17)20(21,22)23/h12-13,15,24H,6-11H2,1-5H3,(H,30,31)/t15-/m1/s1. The lowest BCUT2D eigenvalue weighted by molar-refractivity contribution is -0.140. The van der Waals surface area contributed by atoms with Gasteiger partial charge in [0.05, 0.1) is 5.56 Å². The van der Waals surface area contributed by atoms with Crippen molar-refractivity contribution in [2.24, 2.45) is 0 Å². The van der Waals surface area contributed by atoms with Crippen LogP contribution in [-0.2, 0) is 15.4 Å². The molecule has 1 fully saturated rings. The Kier molecular flexibility index (Phi) is 8.33. The number of carboxylic acid groups (broad SMARTS) is 1. The number of hydrogen-bond acceptors (Lipinski definition) is 6. The van der Waals surface area contributed by atoms with Crippen LogP contribution >= 0.6 is 0 Å². The van der Waals surface area contributed by atoms with E-state index in [4.69, 9.17) is 9.53 Å². The Morgan fingerprint density at radius 3 is 2.15 bits per heavy atom. The normalized spacial score (nSPS) is 16.5. The van der Waals surface area contributed by atoms with Gasteiger partial charge in [-0.1, -0.05) is 20.8 Å². The van der Waals surface area contributed by atoms with Crippen molar-refractivity contribution in [2.45, 2.75) is 57.6 Å². The van der Waals surface area contributed by atoms with Crippen LogP contribution in [0.15, 0.2) is 12.4 Å². The van der Waals surface area contributed by atoms with Crippen molar-refractivity contribution in [2.75, 3.05) is 37.6 Å². The van der Waals surface area contributed by atoms with Crippen molar-refractivity contribution >= 4 is 26.3 Å². The van der Waals surface area contributed by atoms with Gasteiger partial charge in [0.25, 0.3) is 5.91 Å². The smallest absolute Gasteiger partial charge is 0.419 e. The van der Waals surface area contributed by atoms with Gasteiger partial charge >= 0.3 is 12.3 Å². The van der Waals surface area contributed by atoms with Crippen molar-refractivity contribution in [3.8, 4) is 0 Å². The van der Waals surface area contributed by atoms with Gasteiger partial charge in [-0.25, -0.2) is 14.8 Å². The van der Waals surface area contributed by atoms with E-state index in [0.717, 1.165) is 12.4 Å². The number of nitrogens with zero attached hydrogens (tertiary/aromatic N) is 4. The van der Waals surface area contributed by atoms with Crippen LogP contribution in [-0.4, -0.2) is 79.1 Å². The number of aromatic nitrogens is 2. The highest BCUT2D eigenvalue weighted by Gasteiger charge is 2.41. The van der Waals surface area contributed by atoms with Crippen LogP contribution in [0.25, 0.3) is 0 Å². The molecule has 0 spiro atoms. The number of anilines is 1. The summed E-state index contributed by atoms with van der Waals surface area (Å²) in [6.07, 6.45) is -4.75. The molecule has 1 aliphatic rings. The molecule has 2 N–H and O–H groups in total. The third-order valence-electron chi connectivity index (χ3n) is 6.04. The molecule has 0 unspecified atom stereocenters. The Balaban J connectivity index is 2.04. The highest BCUT2D eigenvalue weighted by atomic mass is 28.4. The molecular formula is C20H32F3N5O4Si. The van der Waals surface area contributed by atoms with Crippen LogP contribution in [0.4, 0.5) is 23.9 Å². The van der Waals surface area contributed by atoms with Crippen molar-refractivity contribution < 1.29 is 32.3 Å². The second-order valence-electron chi connectivity index (χ2n) is 9.47. The minimum absolute atomic E-state index is 0.0831. The molecule has 2 amide bonds. The molecule has 1 aliphatic heterocycles. The van der Waals surface area contributed by atoms with Crippen LogP contribution in [0.5, 0.6) is 0 Å². The number of amides is 2. The molecule has 2 rings (SSSR count). The summed E-state index contributed by atoms with van der Waals surface area (Å²) in [5.41, 5.74) is -0.916. The molecule has 186 valence electrons. The van der Waals surface area contributed by atoms with Crippen molar-refractivity contribution in [3.63, 3.8) is 0 Å². The zero-order valence-electron chi connectivity index (χ0n) is 19.6. The summed E-state index contributed by atoms with van der Waals surface area (Å²) in [4.78, 5) is 35.1. The summed E-state index contributed by atoms with van der Waals surface area (Å²) in [7, 11) is -2.30. The Morgan fingerprint density at radius 1 is 1.15 bits per heavy atom. The third-order valence-corrected chi connectivity index (χ3v) is 10.5. The summed E-state index contributed by atoms with van der Waals surface area (Å²) < 4.78 is 44.5. The van der Waals surface area contributed by atoms with E-state index in [0.29, 0.717) is 26.2 Å². The molecule has 0 saturated carbocycles. The quantitative estimate of drug-likeness (QED) is 0.564. The number of hydrogen-bond donors (Lipinski definition) is 2.